The SMILES string of the molecule is CCCCCNC(=O)C1(C(=O)OC)CC1. The second-order valence-corrected chi connectivity index (χ2v) is 4.04. The first kappa shape index (κ1) is 12.0. The number of hydrogen-bond donors (Lipinski definition) is 1. The molecule has 0 unspecified atom stereocenters. The Labute approximate surface area is 90.4 Å². The van der Waals surface area contributed by atoms with Gasteiger partial charge in [-0.3, -0.25) is 9.59 Å². The molecule has 0 aromatic rings. The van der Waals surface area contributed by atoms with Gasteiger partial charge in [0, 0.05) is 6.54 Å². The van der Waals surface area contributed by atoms with Crippen LogP contribution in [0.5, 0.6) is 0 Å². The molecule has 86 valence electrons. The summed E-state index contributed by atoms with van der Waals surface area (Å²) >= 11 is 0. The molecule has 1 N–H and O–H groups in total. The molecular formula is C11H19NO3. The summed E-state index contributed by atoms with van der Waals surface area (Å²) in [6, 6.07) is 0. The predicted molar refractivity (Wildman–Crippen MR) is 56.2 cm³/mol. The van der Waals surface area contributed by atoms with Crippen LogP contribution in [0.2, 0.25) is 0 Å². The molecule has 0 aliphatic heterocycles. The van der Waals surface area contributed by atoms with Crippen molar-refractivity contribution in [2.24, 2.45) is 5.41 Å². The summed E-state index contributed by atoms with van der Waals surface area (Å²) in [4.78, 5) is 23.0. The number of ether oxygens (including phenoxy) is 1. The van der Waals surface area contributed by atoms with Crippen LogP contribution < -0.4 is 5.32 Å². The van der Waals surface area contributed by atoms with Gasteiger partial charge in [0.25, 0.3) is 0 Å². The number of carbonyl (C=O) groups excluding carboxylic acids is 2. The van der Waals surface area contributed by atoms with Crippen LogP contribution >= 0.6 is 0 Å². The highest BCUT2D eigenvalue weighted by Gasteiger charge is 2.57. The molecule has 1 amide bonds. The van der Waals surface area contributed by atoms with Gasteiger partial charge in [0.15, 0.2) is 0 Å². The Bertz CT molecular complexity index is 246. The summed E-state index contributed by atoms with van der Waals surface area (Å²) in [6.45, 7) is 2.77. The van der Waals surface area contributed by atoms with E-state index in [0.717, 1.165) is 19.3 Å². The van der Waals surface area contributed by atoms with E-state index in [2.05, 4.69) is 17.0 Å². The topological polar surface area (TPSA) is 55.4 Å². The Hall–Kier alpha value is -1.06. The van der Waals surface area contributed by atoms with Crippen LogP contribution in [0.25, 0.3) is 0 Å². The molecule has 0 bridgehead atoms. The zero-order chi connectivity index (χ0) is 11.3. The largest absolute Gasteiger partial charge is 0.468 e. The molecule has 0 saturated heterocycles. The van der Waals surface area contributed by atoms with Crippen molar-refractivity contribution in [2.75, 3.05) is 13.7 Å². The van der Waals surface area contributed by atoms with Crippen molar-refractivity contribution in [3.63, 3.8) is 0 Å². The quantitative estimate of drug-likeness (QED) is 0.410. The lowest BCUT2D eigenvalue weighted by Crippen LogP contribution is -2.38. The van der Waals surface area contributed by atoms with E-state index in [1.807, 2.05) is 0 Å². The van der Waals surface area contributed by atoms with Crippen LogP contribution in [-0.2, 0) is 14.3 Å². The van der Waals surface area contributed by atoms with Gasteiger partial charge in [0.1, 0.15) is 5.41 Å². The Balaban J connectivity index is 2.31. The molecule has 0 aromatic heterocycles. The summed E-state index contributed by atoms with van der Waals surface area (Å²) in [7, 11) is 1.33. The number of hydrogen-bond acceptors (Lipinski definition) is 3. The van der Waals surface area contributed by atoms with Crippen molar-refractivity contribution in [3.8, 4) is 0 Å². The van der Waals surface area contributed by atoms with E-state index in [4.69, 9.17) is 0 Å². The zero-order valence-electron chi connectivity index (χ0n) is 9.47. The van der Waals surface area contributed by atoms with Crippen molar-refractivity contribution in [1.82, 2.24) is 5.32 Å². The van der Waals surface area contributed by atoms with Gasteiger partial charge in [0.05, 0.1) is 7.11 Å². The van der Waals surface area contributed by atoms with Gasteiger partial charge in [-0.25, -0.2) is 0 Å². The van der Waals surface area contributed by atoms with E-state index in [9.17, 15) is 9.59 Å². The average Bonchev–Trinajstić information content (AvgIpc) is 3.04. The van der Waals surface area contributed by atoms with Gasteiger partial charge in [-0.05, 0) is 19.3 Å². The Kier molecular flexibility index (Phi) is 4.12. The van der Waals surface area contributed by atoms with E-state index in [1.165, 1.54) is 7.11 Å². The minimum atomic E-state index is -0.846. The summed E-state index contributed by atoms with van der Waals surface area (Å²) in [5, 5.41) is 2.80. The maximum atomic E-state index is 11.7. The first-order valence-electron chi connectivity index (χ1n) is 5.54. The van der Waals surface area contributed by atoms with Crippen LogP contribution in [0, 0.1) is 5.41 Å². The maximum Gasteiger partial charge on any atom is 0.321 e. The average molecular weight is 213 g/mol. The minimum Gasteiger partial charge on any atom is -0.468 e. The van der Waals surface area contributed by atoms with Gasteiger partial charge in [-0.1, -0.05) is 19.8 Å². The Morgan fingerprint density at radius 1 is 1.33 bits per heavy atom. The third-order valence-electron chi connectivity index (χ3n) is 2.83. The van der Waals surface area contributed by atoms with Gasteiger partial charge >= 0.3 is 5.97 Å². The molecule has 15 heavy (non-hydrogen) atoms. The normalized spacial score (nSPS) is 16.9. The first-order valence-corrected chi connectivity index (χ1v) is 5.54. The molecule has 1 saturated carbocycles. The fraction of sp³-hybridized carbons (Fsp3) is 0.818. The molecule has 4 nitrogen and oxygen atoms in total. The van der Waals surface area contributed by atoms with Crippen molar-refractivity contribution in [3.05, 3.63) is 0 Å². The predicted octanol–water partition coefficient (Wildman–Crippen LogP) is 1.25. The Morgan fingerprint density at radius 2 is 2.00 bits per heavy atom. The number of rotatable bonds is 6. The lowest BCUT2D eigenvalue weighted by molar-refractivity contribution is -0.152. The highest BCUT2D eigenvalue weighted by atomic mass is 16.5. The first-order chi connectivity index (χ1) is 7.17. The minimum absolute atomic E-state index is 0.162. The van der Waals surface area contributed by atoms with E-state index < -0.39 is 11.4 Å². The molecule has 0 radical (unpaired) electrons. The molecular weight excluding hydrogens is 194 g/mol. The van der Waals surface area contributed by atoms with E-state index in [1.54, 1.807) is 0 Å². The summed E-state index contributed by atoms with van der Waals surface area (Å²) in [5.74, 6) is -0.555. The number of carbonyl (C=O) groups is 2. The van der Waals surface area contributed by atoms with Gasteiger partial charge in [0.2, 0.25) is 5.91 Å². The smallest absolute Gasteiger partial charge is 0.321 e. The van der Waals surface area contributed by atoms with Crippen LogP contribution in [0.1, 0.15) is 39.0 Å². The summed E-state index contributed by atoms with van der Waals surface area (Å²) < 4.78 is 4.63. The van der Waals surface area contributed by atoms with Crippen LogP contribution in [0.4, 0.5) is 0 Å². The molecule has 1 aliphatic carbocycles. The monoisotopic (exact) mass is 213 g/mol. The number of methoxy groups -OCH3 is 1. The number of nitrogens with one attached hydrogen (secondary N) is 1. The van der Waals surface area contributed by atoms with Crippen molar-refractivity contribution >= 4 is 11.9 Å². The number of unbranched alkanes of at least 4 members (excludes halogenated alkanes) is 2. The zero-order valence-corrected chi connectivity index (χ0v) is 9.47. The van der Waals surface area contributed by atoms with Gasteiger partial charge in [-0.15, -0.1) is 0 Å². The van der Waals surface area contributed by atoms with Crippen LogP contribution in [0.3, 0.4) is 0 Å². The molecule has 0 heterocycles. The lowest BCUT2D eigenvalue weighted by Gasteiger charge is -2.12. The van der Waals surface area contributed by atoms with Gasteiger partial charge < -0.3 is 10.1 Å². The number of esters is 1. The molecule has 1 fully saturated rings. The molecule has 4 heteroatoms. The van der Waals surface area contributed by atoms with Crippen molar-refractivity contribution < 1.29 is 14.3 Å². The van der Waals surface area contributed by atoms with Crippen LogP contribution in [-0.4, -0.2) is 25.5 Å². The van der Waals surface area contributed by atoms with Crippen molar-refractivity contribution in [2.45, 2.75) is 39.0 Å². The van der Waals surface area contributed by atoms with Crippen LogP contribution in [0.15, 0.2) is 0 Å². The van der Waals surface area contributed by atoms with Gasteiger partial charge in [-0.2, -0.15) is 0 Å². The third kappa shape index (κ3) is 2.70. The van der Waals surface area contributed by atoms with E-state index in [-0.39, 0.29) is 5.91 Å². The van der Waals surface area contributed by atoms with Crippen molar-refractivity contribution in [1.29, 1.82) is 0 Å². The maximum absolute atomic E-state index is 11.7. The Morgan fingerprint density at radius 3 is 2.47 bits per heavy atom. The second-order valence-electron chi connectivity index (χ2n) is 4.04. The lowest BCUT2D eigenvalue weighted by atomic mass is 10.1. The molecule has 0 spiro atoms. The number of amides is 1. The standard InChI is InChI=1S/C11H19NO3/c1-3-4-5-8-12-9(13)11(6-7-11)10(14)15-2/h3-8H2,1-2H3,(H,12,13). The highest BCUT2D eigenvalue weighted by Crippen LogP contribution is 2.46. The summed E-state index contributed by atoms with van der Waals surface area (Å²) in [6.07, 6.45) is 4.45. The third-order valence-corrected chi connectivity index (χ3v) is 2.83. The highest BCUT2D eigenvalue weighted by molar-refractivity contribution is 6.05. The second kappa shape index (κ2) is 5.14. The summed E-state index contributed by atoms with van der Waals surface area (Å²) in [5.41, 5.74) is -0.846. The fourth-order valence-corrected chi connectivity index (χ4v) is 1.59. The molecule has 1 rings (SSSR count). The molecule has 0 atom stereocenters. The molecule has 0 aromatic carbocycles. The van der Waals surface area contributed by atoms with E-state index in [0.29, 0.717) is 19.4 Å². The van der Waals surface area contributed by atoms with E-state index >= 15 is 0 Å². The fourth-order valence-electron chi connectivity index (χ4n) is 1.59. The molecule has 1 aliphatic rings.